The summed E-state index contributed by atoms with van der Waals surface area (Å²) in [6.45, 7) is 7.67. The van der Waals surface area contributed by atoms with Crippen molar-refractivity contribution in [1.29, 1.82) is 0 Å². The lowest BCUT2D eigenvalue weighted by molar-refractivity contribution is 0.512. The predicted octanol–water partition coefficient (Wildman–Crippen LogP) is 2.72. The van der Waals surface area contributed by atoms with Gasteiger partial charge >= 0.3 is 0 Å². The first-order valence-corrected chi connectivity index (χ1v) is 4.84. The highest BCUT2D eigenvalue weighted by Gasteiger charge is 2.14. The minimum atomic E-state index is -0.285. The average molecular weight is 195 g/mol. The molecule has 0 aromatic heterocycles. The SMILES string of the molecule is Cc1cc(C)c(CC(C)(C)N)cc1F. The quantitative estimate of drug-likeness (QED) is 0.771. The van der Waals surface area contributed by atoms with Crippen molar-refractivity contribution in [2.75, 3.05) is 0 Å². The van der Waals surface area contributed by atoms with Crippen LogP contribution >= 0.6 is 0 Å². The second kappa shape index (κ2) is 3.70. The largest absolute Gasteiger partial charge is 0.325 e. The third-order valence-electron chi connectivity index (χ3n) is 2.26. The Hall–Kier alpha value is -0.890. The molecule has 2 heteroatoms. The average Bonchev–Trinajstić information content (AvgIpc) is 1.97. The Bertz CT molecular complexity index is 337. The van der Waals surface area contributed by atoms with Crippen LogP contribution in [0.3, 0.4) is 0 Å². The number of rotatable bonds is 2. The van der Waals surface area contributed by atoms with Crippen molar-refractivity contribution in [3.8, 4) is 0 Å². The van der Waals surface area contributed by atoms with E-state index in [0.29, 0.717) is 12.0 Å². The van der Waals surface area contributed by atoms with Gasteiger partial charge < -0.3 is 5.73 Å². The molecule has 0 aliphatic heterocycles. The topological polar surface area (TPSA) is 26.0 Å². The van der Waals surface area contributed by atoms with Gasteiger partial charge in [-0.05, 0) is 56.9 Å². The van der Waals surface area contributed by atoms with Crippen LogP contribution in [0, 0.1) is 19.7 Å². The molecule has 0 bridgehead atoms. The summed E-state index contributed by atoms with van der Waals surface area (Å²) in [6, 6.07) is 3.47. The van der Waals surface area contributed by atoms with Gasteiger partial charge in [-0.2, -0.15) is 0 Å². The van der Waals surface area contributed by atoms with Gasteiger partial charge in [-0.3, -0.25) is 0 Å². The molecule has 1 aromatic rings. The molecule has 0 unspecified atom stereocenters. The molecule has 0 atom stereocenters. The van der Waals surface area contributed by atoms with Crippen molar-refractivity contribution in [1.82, 2.24) is 0 Å². The van der Waals surface area contributed by atoms with Crippen LogP contribution in [0.15, 0.2) is 12.1 Å². The molecule has 0 aliphatic carbocycles. The molecule has 0 saturated heterocycles. The lowest BCUT2D eigenvalue weighted by Crippen LogP contribution is -2.34. The van der Waals surface area contributed by atoms with Gasteiger partial charge in [-0.25, -0.2) is 4.39 Å². The molecular weight excluding hydrogens is 177 g/mol. The van der Waals surface area contributed by atoms with E-state index in [9.17, 15) is 4.39 Å². The number of benzene rings is 1. The van der Waals surface area contributed by atoms with E-state index >= 15 is 0 Å². The molecule has 0 saturated carbocycles. The maximum Gasteiger partial charge on any atom is 0.126 e. The van der Waals surface area contributed by atoms with Crippen molar-refractivity contribution >= 4 is 0 Å². The molecule has 0 radical (unpaired) electrons. The Morgan fingerprint density at radius 2 is 1.79 bits per heavy atom. The number of hydrogen-bond donors (Lipinski definition) is 1. The van der Waals surface area contributed by atoms with E-state index in [1.54, 1.807) is 13.0 Å². The second-order valence-corrected chi connectivity index (χ2v) is 4.69. The number of hydrogen-bond acceptors (Lipinski definition) is 1. The van der Waals surface area contributed by atoms with Gasteiger partial charge in [0.25, 0.3) is 0 Å². The maximum absolute atomic E-state index is 13.3. The van der Waals surface area contributed by atoms with Crippen LogP contribution < -0.4 is 5.73 Å². The molecule has 1 rings (SSSR count). The van der Waals surface area contributed by atoms with Crippen molar-refractivity contribution in [3.63, 3.8) is 0 Å². The highest BCUT2D eigenvalue weighted by molar-refractivity contribution is 5.32. The Labute approximate surface area is 85.1 Å². The summed E-state index contributed by atoms with van der Waals surface area (Å²) >= 11 is 0. The molecule has 0 aliphatic rings. The normalized spacial score (nSPS) is 11.9. The van der Waals surface area contributed by atoms with Crippen LogP contribution in [0.4, 0.5) is 4.39 Å². The molecule has 78 valence electrons. The summed E-state index contributed by atoms with van der Waals surface area (Å²) in [5, 5.41) is 0. The number of nitrogens with two attached hydrogens (primary N) is 1. The fourth-order valence-electron chi connectivity index (χ4n) is 1.55. The highest BCUT2D eigenvalue weighted by atomic mass is 19.1. The fourth-order valence-corrected chi connectivity index (χ4v) is 1.55. The Morgan fingerprint density at radius 1 is 1.21 bits per heavy atom. The summed E-state index contributed by atoms with van der Waals surface area (Å²) < 4.78 is 13.3. The minimum absolute atomic E-state index is 0.144. The van der Waals surface area contributed by atoms with Gasteiger partial charge in [0.05, 0.1) is 0 Å². The van der Waals surface area contributed by atoms with Crippen LogP contribution in [-0.4, -0.2) is 5.54 Å². The molecule has 0 heterocycles. The smallest absolute Gasteiger partial charge is 0.126 e. The van der Waals surface area contributed by atoms with Crippen molar-refractivity contribution in [2.45, 2.75) is 39.7 Å². The van der Waals surface area contributed by atoms with E-state index in [-0.39, 0.29) is 11.4 Å². The van der Waals surface area contributed by atoms with Crippen LogP contribution in [0.1, 0.15) is 30.5 Å². The summed E-state index contributed by atoms with van der Waals surface area (Å²) in [5.41, 5.74) is 8.43. The van der Waals surface area contributed by atoms with Gasteiger partial charge in [0.2, 0.25) is 0 Å². The van der Waals surface area contributed by atoms with E-state index in [1.165, 1.54) is 0 Å². The van der Waals surface area contributed by atoms with Gasteiger partial charge in [-0.15, -0.1) is 0 Å². The first-order valence-electron chi connectivity index (χ1n) is 4.84. The van der Waals surface area contributed by atoms with Crippen LogP contribution in [0.2, 0.25) is 0 Å². The molecule has 1 aromatic carbocycles. The Morgan fingerprint density at radius 3 is 2.29 bits per heavy atom. The predicted molar refractivity (Wildman–Crippen MR) is 57.8 cm³/mol. The van der Waals surface area contributed by atoms with Gasteiger partial charge in [0, 0.05) is 5.54 Å². The van der Waals surface area contributed by atoms with Gasteiger partial charge in [0.1, 0.15) is 5.82 Å². The summed E-state index contributed by atoms with van der Waals surface area (Å²) in [4.78, 5) is 0. The van der Waals surface area contributed by atoms with Crippen molar-refractivity contribution in [3.05, 3.63) is 34.6 Å². The zero-order chi connectivity index (χ0) is 10.9. The fraction of sp³-hybridized carbons (Fsp3) is 0.500. The molecule has 0 fully saturated rings. The summed E-state index contributed by atoms with van der Waals surface area (Å²) in [6.07, 6.45) is 0.704. The molecule has 0 amide bonds. The molecule has 0 spiro atoms. The minimum Gasteiger partial charge on any atom is -0.325 e. The lowest BCUT2D eigenvalue weighted by atomic mass is 9.92. The van der Waals surface area contributed by atoms with E-state index in [1.807, 2.05) is 26.8 Å². The van der Waals surface area contributed by atoms with Crippen molar-refractivity contribution in [2.24, 2.45) is 5.73 Å². The highest BCUT2D eigenvalue weighted by Crippen LogP contribution is 2.18. The first-order chi connectivity index (χ1) is 6.29. The lowest BCUT2D eigenvalue weighted by Gasteiger charge is -2.20. The second-order valence-electron chi connectivity index (χ2n) is 4.69. The number of halogens is 1. The van der Waals surface area contributed by atoms with E-state index in [4.69, 9.17) is 5.73 Å². The molecule has 2 N–H and O–H groups in total. The van der Waals surface area contributed by atoms with Gasteiger partial charge in [0.15, 0.2) is 0 Å². The monoisotopic (exact) mass is 195 g/mol. The first kappa shape index (κ1) is 11.2. The zero-order valence-corrected chi connectivity index (χ0v) is 9.32. The third kappa shape index (κ3) is 2.81. The van der Waals surface area contributed by atoms with E-state index < -0.39 is 0 Å². The Kier molecular flexibility index (Phi) is 2.95. The van der Waals surface area contributed by atoms with E-state index in [0.717, 1.165) is 11.1 Å². The standard InChI is InChI=1S/C12H18FN/c1-8-5-9(2)11(13)6-10(8)7-12(3,4)14/h5-6H,7,14H2,1-4H3. The van der Waals surface area contributed by atoms with E-state index in [2.05, 4.69) is 0 Å². The maximum atomic E-state index is 13.3. The number of aryl methyl sites for hydroxylation is 2. The van der Waals surface area contributed by atoms with Crippen LogP contribution in [0.5, 0.6) is 0 Å². The molecule has 14 heavy (non-hydrogen) atoms. The third-order valence-corrected chi connectivity index (χ3v) is 2.26. The van der Waals surface area contributed by atoms with Crippen LogP contribution in [-0.2, 0) is 6.42 Å². The Balaban J connectivity index is 3.04. The zero-order valence-electron chi connectivity index (χ0n) is 9.32. The summed E-state index contributed by atoms with van der Waals surface area (Å²) in [5.74, 6) is -0.144. The summed E-state index contributed by atoms with van der Waals surface area (Å²) in [7, 11) is 0. The molecule has 1 nitrogen and oxygen atoms in total. The van der Waals surface area contributed by atoms with Crippen molar-refractivity contribution < 1.29 is 4.39 Å². The van der Waals surface area contributed by atoms with Gasteiger partial charge in [-0.1, -0.05) is 6.07 Å². The molecular formula is C12H18FN. The van der Waals surface area contributed by atoms with Crippen LogP contribution in [0.25, 0.3) is 0 Å².